The maximum absolute atomic E-state index is 12.2. The first-order valence-corrected chi connectivity index (χ1v) is 36.7. The van der Waals surface area contributed by atoms with Gasteiger partial charge in [0, 0.05) is 0 Å². The van der Waals surface area contributed by atoms with E-state index in [1.54, 1.807) is 17.7 Å². The molecule has 6 aliphatic carbocycles. The average molecular weight is 1280 g/mol. The first-order chi connectivity index (χ1) is 45.7. The van der Waals surface area contributed by atoms with Crippen LogP contribution >= 0.6 is 0 Å². The fourth-order valence-electron chi connectivity index (χ4n) is 17.2. The van der Waals surface area contributed by atoms with Gasteiger partial charge in [0.25, 0.3) is 12.2 Å². The third kappa shape index (κ3) is 23.0. The van der Waals surface area contributed by atoms with Gasteiger partial charge in [0.1, 0.15) is 0 Å². The molecule has 94 heavy (non-hydrogen) atoms. The van der Waals surface area contributed by atoms with Gasteiger partial charge in [-0.25, -0.2) is 8.78 Å². The zero-order valence-electron chi connectivity index (χ0n) is 57.3. The Kier molecular flexibility index (Phi) is 29.1. The molecule has 0 amide bonds. The molecule has 0 N–H and O–H groups in total. The van der Waals surface area contributed by atoms with E-state index in [0.29, 0.717) is 48.8 Å². The predicted octanol–water partition coefficient (Wildman–Crippen LogP) is 28.1. The molecule has 0 saturated heterocycles. The van der Waals surface area contributed by atoms with E-state index >= 15 is 0 Å². The van der Waals surface area contributed by atoms with E-state index in [0.717, 1.165) is 111 Å². The summed E-state index contributed by atoms with van der Waals surface area (Å²) in [5, 5.41) is 0. The smallest absolute Gasteiger partial charge is 0.216 e. The van der Waals surface area contributed by atoms with Gasteiger partial charge in [0.05, 0.1) is 12.7 Å². The SMILES string of the molecule is Cc1ccc(-c2ccc(C3CCC(C/C=C/F)CC3)cc2)cc1.Cc1ccc(-c2ccc(C3CCC(CC=C(F)F)CC3)cc2)cc1.Cc1ccc(C2CCC(C3CCC(C/C=C/F)CC3)CC2)cc1.Cc1ccc(C2CCC(C3CCC(CC=C(F)F)CC3)CC2)cc1. The molecule has 0 unspecified atom stereocenters. The van der Waals surface area contributed by atoms with Crippen LogP contribution in [0, 0.1) is 75.0 Å². The minimum Gasteiger partial charge on any atom is -0.216 e. The second kappa shape index (κ2) is 38.0. The molecule has 504 valence electrons. The van der Waals surface area contributed by atoms with Crippen LogP contribution in [0.4, 0.5) is 26.3 Å². The molecule has 0 bridgehead atoms. The standard InChI is InChI=1S/C22H30F2.C22H24F2.C22H31F.C22H25F/c2*1-16-2-7-18(8-3-16)20-11-13-21(14-12-20)19-9-4-17(5-10-19)6-15-22(23)24;2*1-17-4-8-19(9-5-17)21-12-14-22(15-13-21)20-10-6-18(7-11-20)3-2-16-23/h2-3,7-8,15,17,19-21H,4-6,9-14H2,1H3;2-3,7-8,11-15,17,19H,4-6,9-10H2,1H3;2,4-5,8-9,16,18,20-22H,3,6-7,10-15H2,1H3;2,4-5,8-9,12-16,18,20H,3,6-7,10-11H2,1H3/b;;2*16-2+. The van der Waals surface area contributed by atoms with Gasteiger partial charge >= 0.3 is 0 Å². The Morgan fingerprint density at radius 2 is 0.457 bits per heavy atom. The van der Waals surface area contributed by atoms with Crippen molar-refractivity contribution in [2.24, 2.45) is 47.3 Å². The van der Waals surface area contributed by atoms with Crippen LogP contribution < -0.4 is 0 Å². The Balaban J connectivity index is 0.000000148. The number of hydrogen-bond acceptors (Lipinski definition) is 0. The molecule has 6 fully saturated rings. The van der Waals surface area contributed by atoms with Crippen LogP contribution in [-0.2, 0) is 0 Å². The van der Waals surface area contributed by atoms with Crippen LogP contribution in [0.25, 0.3) is 22.3 Å². The highest BCUT2D eigenvalue weighted by Crippen LogP contribution is 2.47. The Morgan fingerprint density at radius 1 is 0.266 bits per heavy atom. The molecule has 0 atom stereocenters. The van der Waals surface area contributed by atoms with Crippen molar-refractivity contribution in [2.45, 2.75) is 231 Å². The lowest BCUT2D eigenvalue weighted by Crippen LogP contribution is -2.25. The number of hydrogen-bond donors (Lipinski definition) is 0. The van der Waals surface area contributed by atoms with Crippen molar-refractivity contribution in [3.63, 3.8) is 0 Å². The topological polar surface area (TPSA) is 0 Å². The Hall–Kier alpha value is -6.14. The van der Waals surface area contributed by atoms with Crippen LogP contribution in [0.2, 0.25) is 0 Å². The number of allylic oxidation sites excluding steroid dienone is 4. The van der Waals surface area contributed by atoms with Crippen LogP contribution in [0.3, 0.4) is 0 Å². The number of rotatable bonds is 16. The van der Waals surface area contributed by atoms with Crippen molar-refractivity contribution in [2.75, 3.05) is 0 Å². The number of halogens is 6. The minimum atomic E-state index is -1.54. The molecular weight excluding hydrogens is 1170 g/mol. The third-order valence-corrected chi connectivity index (χ3v) is 23.3. The highest BCUT2D eigenvalue weighted by atomic mass is 19.3. The van der Waals surface area contributed by atoms with Crippen molar-refractivity contribution in [3.05, 3.63) is 239 Å². The number of benzene rings is 6. The zero-order chi connectivity index (χ0) is 66.0. The van der Waals surface area contributed by atoms with Crippen molar-refractivity contribution in [1.82, 2.24) is 0 Å². The van der Waals surface area contributed by atoms with Gasteiger partial charge in [-0.2, -0.15) is 17.6 Å². The van der Waals surface area contributed by atoms with E-state index < -0.39 is 12.2 Å². The summed E-state index contributed by atoms with van der Waals surface area (Å²) in [5.74, 6) is 8.73. The molecular formula is C88H110F6. The molecule has 0 heterocycles. The third-order valence-electron chi connectivity index (χ3n) is 23.3. The summed E-state index contributed by atoms with van der Waals surface area (Å²) in [6, 6.07) is 53.5. The van der Waals surface area contributed by atoms with Gasteiger partial charge in [-0.1, -0.05) is 180 Å². The molecule has 6 aromatic rings. The summed E-state index contributed by atoms with van der Waals surface area (Å²) in [6.07, 6.45) is 37.2. The lowest BCUT2D eigenvalue weighted by atomic mass is 9.68. The highest BCUT2D eigenvalue weighted by Gasteiger charge is 2.33. The van der Waals surface area contributed by atoms with Crippen LogP contribution in [-0.4, -0.2) is 0 Å². The van der Waals surface area contributed by atoms with E-state index in [4.69, 9.17) is 0 Å². The monoisotopic (exact) mass is 1280 g/mol. The zero-order valence-corrected chi connectivity index (χ0v) is 57.3. The van der Waals surface area contributed by atoms with Gasteiger partial charge in [-0.05, 0) is 335 Å². The fraction of sp³-hybridized carbons (Fsp3) is 0.500. The average Bonchev–Trinajstić information content (AvgIpc) is 1.32. The maximum atomic E-state index is 12.2. The fourth-order valence-corrected chi connectivity index (χ4v) is 17.2. The van der Waals surface area contributed by atoms with E-state index in [2.05, 4.69) is 173 Å². The summed E-state index contributed by atoms with van der Waals surface area (Å²) in [6.45, 7) is 8.53. The summed E-state index contributed by atoms with van der Waals surface area (Å²) in [5.41, 5.74) is 16.2. The molecule has 0 nitrogen and oxygen atoms in total. The summed E-state index contributed by atoms with van der Waals surface area (Å²) < 4.78 is 73.1. The molecule has 0 radical (unpaired) electrons. The largest absolute Gasteiger partial charge is 0.266 e. The molecule has 6 heteroatoms. The Labute approximate surface area is 563 Å². The number of aryl methyl sites for hydroxylation is 4. The first kappa shape index (κ1) is 72.1. The van der Waals surface area contributed by atoms with Crippen molar-refractivity contribution in [1.29, 1.82) is 0 Å². The molecule has 6 aromatic carbocycles. The van der Waals surface area contributed by atoms with Gasteiger partial charge in [0.2, 0.25) is 0 Å². The van der Waals surface area contributed by atoms with Crippen molar-refractivity contribution < 1.29 is 26.3 Å². The predicted molar refractivity (Wildman–Crippen MR) is 385 cm³/mol. The molecule has 0 aliphatic heterocycles. The van der Waals surface area contributed by atoms with Gasteiger partial charge in [-0.3, -0.25) is 0 Å². The maximum Gasteiger partial charge on any atom is 0.266 e. The normalized spacial score (nSPS) is 26.3. The molecule has 12 rings (SSSR count). The lowest BCUT2D eigenvalue weighted by Gasteiger charge is -2.38. The van der Waals surface area contributed by atoms with Crippen LogP contribution in [0.1, 0.15) is 248 Å². The highest BCUT2D eigenvalue weighted by molar-refractivity contribution is 5.65. The van der Waals surface area contributed by atoms with Crippen molar-refractivity contribution in [3.8, 4) is 22.3 Å². The quantitative estimate of drug-likeness (QED) is 0.0848. The van der Waals surface area contributed by atoms with E-state index in [1.807, 2.05) is 0 Å². The Morgan fingerprint density at radius 3 is 0.702 bits per heavy atom. The van der Waals surface area contributed by atoms with E-state index in [1.165, 1.54) is 177 Å². The van der Waals surface area contributed by atoms with Crippen LogP contribution in [0.15, 0.2) is 195 Å². The summed E-state index contributed by atoms with van der Waals surface area (Å²) in [7, 11) is 0. The Bertz CT molecular complexity index is 3190. The van der Waals surface area contributed by atoms with E-state index in [-0.39, 0.29) is 0 Å². The molecule has 6 saturated carbocycles. The van der Waals surface area contributed by atoms with Crippen LogP contribution in [0.5, 0.6) is 0 Å². The van der Waals surface area contributed by atoms with Gasteiger partial charge in [-0.15, -0.1) is 0 Å². The second-order valence-corrected chi connectivity index (χ2v) is 29.7. The first-order valence-electron chi connectivity index (χ1n) is 36.7. The second-order valence-electron chi connectivity index (χ2n) is 29.7. The lowest BCUT2D eigenvalue weighted by molar-refractivity contribution is 0.160. The molecule has 0 aromatic heterocycles. The van der Waals surface area contributed by atoms with Gasteiger partial charge < -0.3 is 0 Å². The molecule has 6 aliphatic rings. The summed E-state index contributed by atoms with van der Waals surface area (Å²) >= 11 is 0. The summed E-state index contributed by atoms with van der Waals surface area (Å²) in [4.78, 5) is 0. The van der Waals surface area contributed by atoms with E-state index in [9.17, 15) is 26.3 Å². The van der Waals surface area contributed by atoms with Gasteiger partial charge in [0.15, 0.2) is 0 Å². The van der Waals surface area contributed by atoms with Crippen molar-refractivity contribution >= 4 is 0 Å². The minimum absolute atomic E-state index is 0.426. The molecule has 0 spiro atoms.